The van der Waals surface area contributed by atoms with Gasteiger partial charge in [0.15, 0.2) is 0 Å². The predicted molar refractivity (Wildman–Crippen MR) is 96.4 cm³/mol. The molecule has 2 atom stereocenters. The SMILES string of the molecule is Cc1cc(S(=O)(=O)N2C[C@@H](CN)[C@H](c3ccccc3)C2)cc(C)c1F. The molecule has 2 aromatic carbocycles. The van der Waals surface area contributed by atoms with Gasteiger partial charge >= 0.3 is 0 Å². The van der Waals surface area contributed by atoms with E-state index in [0.29, 0.717) is 30.8 Å². The molecule has 134 valence electrons. The lowest BCUT2D eigenvalue weighted by molar-refractivity contribution is 0.458. The first kappa shape index (κ1) is 18.0. The number of hydrogen-bond donors (Lipinski definition) is 1. The zero-order chi connectivity index (χ0) is 18.2. The monoisotopic (exact) mass is 362 g/mol. The molecule has 6 heteroatoms. The van der Waals surface area contributed by atoms with E-state index in [4.69, 9.17) is 5.73 Å². The fourth-order valence-corrected chi connectivity index (χ4v) is 5.24. The first-order valence-corrected chi connectivity index (χ1v) is 9.80. The highest BCUT2D eigenvalue weighted by Crippen LogP contribution is 2.35. The van der Waals surface area contributed by atoms with Crippen molar-refractivity contribution in [2.45, 2.75) is 24.7 Å². The highest BCUT2D eigenvalue weighted by molar-refractivity contribution is 7.89. The number of nitrogens with zero attached hydrogens (tertiary/aromatic N) is 1. The van der Waals surface area contributed by atoms with Crippen molar-refractivity contribution < 1.29 is 12.8 Å². The summed E-state index contributed by atoms with van der Waals surface area (Å²) in [6.45, 7) is 4.37. The first-order valence-electron chi connectivity index (χ1n) is 8.36. The van der Waals surface area contributed by atoms with E-state index < -0.39 is 10.0 Å². The molecule has 0 amide bonds. The molecule has 2 N–H and O–H groups in total. The van der Waals surface area contributed by atoms with E-state index in [1.54, 1.807) is 13.8 Å². The van der Waals surface area contributed by atoms with E-state index in [-0.39, 0.29) is 22.5 Å². The Bertz CT molecular complexity index is 845. The molecule has 1 fully saturated rings. The fourth-order valence-electron chi connectivity index (χ4n) is 3.55. The zero-order valence-corrected chi connectivity index (χ0v) is 15.3. The fraction of sp³-hybridized carbons (Fsp3) is 0.368. The van der Waals surface area contributed by atoms with Crippen molar-refractivity contribution in [3.05, 3.63) is 65.0 Å². The van der Waals surface area contributed by atoms with Crippen LogP contribution in [0.25, 0.3) is 0 Å². The van der Waals surface area contributed by atoms with Crippen molar-refractivity contribution in [2.75, 3.05) is 19.6 Å². The maximum atomic E-state index is 13.9. The Balaban J connectivity index is 1.94. The topological polar surface area (TPSA) is 63.4 Å². The molecule has 0 radical (unpaired) electrons. The number of rotatable bonds is 4. The standard InChI is InChI=1S/C19H23FN2O2S/c1-13-8-17(9-14(2)19(13)20)25(23,24)22-11-16(10-21)18(12-22)15-6-4-3-5-7-15/h3-9,16,18H,10-12,21H2,1-2H3/t16-,18+/m1/s1. The van der Waals surface area contributed by atoms with Crippen LogP contribution in [0.15, 0.2) is 47.4 Å². The summed E-state index contributed by atoms with van der Waals surface area (Å²) in [7, 11) is -3.67. The minimum Gasteiger partial charge on any atom is -0.330 e. The van der Waals surface area contributed by atoms with Gasteiger partial charge in [-0.2, -0.15) is 4.31 Å². The highest BCUT2D eigenvalue weighted by Gasteiger charge is 2.39. The van der Waals surface area contributed by atoms with Gasteiger partial charge in [-0.15, -0.1) is 0 Å². The van der Waals surface area contributed by atoms with Gasteiger partial charge < -0.3 is 5.73 Å². The Morgan fingerprint density at radius 1 is 1.12 bits per heavy atom. The number of halogens is 1. The maximum absolute atomic E-state index is 13.9. The second kappa shape index (κ2) is 6.86. The maximum Gasteiger partial charge on any atom is 0.243 e. The van der Waals surface area contributed by atoms with Crippen LogP contribution in [-0.4, -0.2) is 32.4 Å². The van der Waals surface area contributed by atoms with Gasteiger partial charge in [-0.1, -0.05) is 30.3 Å². The predicted octanol–water partition coefficient (Wildman–Crippen LogP) is 2.81. The summed E-state index contributed by atoms with van der Waals surface area (Å²) in [5.74, 6) is -0.217. The zero-order valence-electron chi connectivity index (χ0n) is 14.4. The van der Waals surface area contributed by atoms with Crippen LogP contribution in [0, 0.1) is 25.6 Å². The van der Waals surface area contributed by atoms with Gasteiger partial charge in [0.05, 0.1) is 4.90 Å². The minimum absolute atomic E-state index is 0.0693. The van der Waals surface area contributed by atoms with E-state index >= 15 is 0 Å². The van der Waals surface area contributed by atoms with Crippen molar-refractivity contribution in [3.63, 3.8) is 0 Å². The Hall–Kier alpha value is -1.76. The van der Waals surface area contributed by atoms with Crippen LogP contribution in [0.3, 0.4) is 0 Å². The van der Waals surface area contributed by atoms with Gasteiger partial charge in [0.2, 0.25) is 10.0 Å². The van der Waals surface area contributed by atoms with E-state index in [0.717, 1.165) is 5.56 Å². The number of sulfonamides is 1. The molecule has 2 aromatic rings. The molecule has 0 aliphatic carbocycles. The van der Waals surface area contributed by atoms with Gasteiger partial charge in [-0.3, -0.25) is 0 Å². The van der Waals surface area contributed by atoms with Crippen molar-refractivity contribution in [1.82, 2.24) is 4.31 Å². The molecule has 1 heterocycles. The van der Waals surface area contributed by atoms with E-state index in [2.05, 4.69) is 0 Å². The third-order valence-electron chi connectivity index (χ3n) is 4.99. The normalized spacial score (nSPS) is 21.6. The average Bonchev–Trinajstić information content (AvgIpc) is 3.05. The smallest absolute Gasteiger partial charge is 0.243 e. The third-order valence-corrected chi connectivity index (χ3v) is 6.80. The lowest BCUT2D eigenvalue weighted by Gasteiger charge is -2.18. The summed E-state index contributed by atoms with van der Waals surface area (Å²) in [6, 6.07) is 12.7. The Morgan fingerprint density at radius 2 is 1.72 bits per heavy atom. The van der Waals surface area contributed by atoms with Gasteiger partial charge in [0.25, 0.3) is 0 Å². The van der Waals surface area contributed by atoms with Crippen molar-refractivity contribution in [1.29, 1.82) is 0 Å². The van der Waals surface area contributed by atoms with Crippen LogP contribution in [0.2, 0.25) is 0 Å². The van der Waals surface area contributed by atoms with Crippen LogP contribution in [0.5, 0.6) is 0 Å². The summed E-state index contributed by atoms with van der Waals surface area (Å²) in [5, 5.41) is 0. The minimum atomic E-state index is -3.67. The van der Waals surface area contributed by atoms with E-state index in [1.165, 1.54) is 16.4 Å². The number of nitrogens with two attached hydrogens (primary N) is 1. The second-order valence-corrected chi connectivity index (χ2v) is 8.64. The molecule has 25 heavy (non-hydrogen) atoms. The summed E-state index contributed by atoms with van der Waals surface area (Å²) >= 11 is 0. The molecule has 0 unspecified atom stereocenters. The van der Waals surface area contributed by atoms with Crippen LogP contribution in [0.4, 0.5) is 4.39 Å². The molecule has 3 rings (SSSR count). The quantitative estimate of drug-likeness (QED) is 0.910. The molecular weight excluding hydrogens is 339 g/mol. The second-order valence-electron chi connectivity index (χ2n) is 6.71. The van der Waals surface area contributed by atoms with Crippen LogP contribution in [0.1, 0.15) is 22.6 Å². The highest BCUT2D eigenvalue weighted by atomic mass is 32.2. The summed E-state index contributed by atoms with van der Waals surface area (Å²) in [6.07, 6.45) is 0. The summed E-state index contributed by atoms with van der Waals surface area (Å²) < 4.78 is 41.4. The molecule has 0 bridgehead atoms. The van der Waals surface area contributed by atoms with Gasteiger partial charge in [-0.25, -0.2) is 12.8 Å². The average molecular weight is 362 g/mol. The van der Waals surface area contributed by atoms with Gasteiger partial charge in [0.1, 0.15) is 5.82 Å². The lowest BCUT2D eigenvalue weighted by atomic mass is 9.89. The third kappa shape index (κ3) is 3.34. The van der Waals surface area contributed by atoms with Crippen LogP contribution < -0.4 is 5.73 Å². The first-order chi connectivity index (χ1) is 11.8. The molecule has 0 aromatic heterocycles. The lowest BCUT2D eigenvalue weighted by Crippen LogP contribution is -2.30. The van der Waals surface area contributed by atoms with Crippen molar-refractivity contribution in [3.8, 4) is 0 Å². The van der Waals surface area contributed by atoms with Crippen LogP contribution >= 0.6 is 0 Å². The number of aryl methyl sites for hydroxylation is 2. The number of benzene rings is 2. The van der Waals surface area contributed by atoms with E-state index in [1.807, 2.05) is 30.3 Å². The largest absolute Gasteiger partial charge is 0.330 e. The Kier molecular flexibility index (Phi) is 4.95. The molecule has 1 aliphatic rings. The van der Waals surface area contributed by atoms with Crippen molar-refractivity contribution >= 4 is 10.0 Å². The molecular formula is C19H23FN2O2S. The van der Waals surface area contributed by atoms with Gasteiger partial charge in [-0.05, 0) is 55.1 Å². The molecule has 1 aliphatic heterocycles. The van der Waals surface area contributed by atoms with Gasteiger partial charge in [0, 0.05) is 19.0 Å². The molecule has 1 saturated heterocycles. The van der Waals surface area contributed by atoms with Crippen LogP contribution in [-0.2, 0) is 10.0 Å². The summed E-state index contributed by atoms with van der Waals surface area (Å²) in [4.78, 5) is 0.147. The Labute approximate surface area is 148 Å². The molecule has 0 spiro atoms. The molecule has 4 nitrogen and oxygen atoms in total. The van der Waals surface area contributed by atoms with Crippen molar-refractivity contribution in [2.24, 2.45) is 11.7 Å². The van der Waals surface area contributed by atoms with E-state index in [9.17, 15) is 12.8 Å². The number of hydrogen-bond acceptors (Lipinski definition) is 3. The summed E-state index contributed by atoms with van der Waals surface area (Å²) in [5.41, 5.74) is 7.68. The Morgan fingerprint density at radius 3 is 2.28 bits per heavy atom. The molecule has 0 saturated carbocycles.